The average Bonchev–Trinajstić information content (AvgIpc) is 3.03. The van der Waals surface area contributed by atoms with Gasteiger partial charge in [0.15, 0.2) is 11.5 Å². The summed E-state index contributed by atoms with van der Waals surface area (Å²) in [6, 6.07) is 11.6. The summed E-state index contributed by atoms with van der Waals surface area (Å²) in [5.41, 5.74) is 2.19. The highest BCUT2D eigenvalue weighted by Gasteiger charge is 2.46. The van der Waals surface area contributed by atoms with Crippen molar-refractivity contribution < 1.29 is 28.9 Å². The number of nitrogens with zero attached hydrogens (tertiary/aromatic N) is 1. The molecular weight excluding hydrogens is 398 g/mol. The number of carbonyl (C=O) groups excluding carboxylic acids is 2. The van der Waals surface area contributed by atoms with Crippen molar-refractivity contribution in [3.05, 3.63) is 64.7 Å². The van der Waals surface area contributed by atoms with Crippen LogP contribution < -0.4 is 9.47 Å². The van der Waals surface area contributed by atoms with Crippen molar-refractivity contribution in [3.63, 3.8) is 0 Å². The first-order valence-electron chi connectivity index (χ1n) is 9.99. The molecule has 1 aliphatic heterocycles. The lowest BCUT2D eigenvalue weighted by Gasteiger charge is -2.26. The van der Waals surface area contributed by atoms with Gasteiger partial charge in [0, 0.05) is 25.8 Å². The lowest BCUT2D eigenvalue weighted by molar-refractivity contribution is -0.140. The number of methoxy groups -OCH3 is 3. The summed E-state index contributed by atoms with van der Waals surface area (Å²) in [7, 11) is 4.63. The number of amides is 1. The molecule has 0 aliphatic carbocycles. The summed E-state index contributed by atoms with van der Waals surface area (Å²) >= 11 is 0. The first-order chi connectivity index (χ1) is 14.9. The second kappa shape index (κ2) is 9.66. The Balaban J connectivity index is 2.15. The molecule has 0 saturated carbocycles. The highest BCUT2D eigenvalue weighted by atomic mass is 16.5. The molecule has 1 amide bonds. The fraction of sp³-hybridized carbons (Fsp3) is 0.333. The summed E-state index contributed by atoms with van der Waals surface area (Å²) in [6.07, 6.45) is 0.553. The molecule has 2 aromatic rings. The molecule has 1 fully saturated rings. The summed E-state index contributed by atoms with van der Waals surface area (Å²) in [5, 5.41) is 11.0. The van der Waals surface area contributed by atoms with E-state index in [2.05, 4.69) is 0 Å². The van der Waals surface area contributed by atoms with Gasteiger partial charge in [-0.05, 0) is 31.0 Å². The number of ether oxygens (including phenoxy) is 3. The standard InChI is InChI=1S/C24H27NO6/c1-15-6-8-16(9-7-15)22(26)20-21(17-10-11-18(30-3)19(14-17)31-4)25(12-5-13-29-2)24(28)23(20)27/h6-11,14,21,26H,5,12-13H2,1-4H3/b22-20+/t21-/m0/s1. The quantitative estimate of drug-likeness (QED) is 0.302. The Morgan fingerprint density at radius 1 is 1.00 bits per heavy atom. The van der Waals surface area contributed by atoms with Gasteiger partial charge in [0.2, 0.25) is 0 Å². The van der Waals surface area contributed by atoms with Crippen LogP contribution in [0, 0.1) is 6.92 Å². The minimum atomic E-state index is -0.752. The third kappa shape index (κ3) is 4.41. The normalized spacial score (nSPS) is 17.8. The minimum Gasteiger partial charge on any atom is -0.507 e. The molecule has 0 aromatic heterocycles. The van der Waals surface area contributed by atoms with E-state index in [4.69, 9.17) is 14.2 Å². The Bertz CT molecular complexity index is 996. The van der Waals surface area contributed by atoms with Gasteiger partial charge in [0.05, 0.1) is 25.8 Å². The molecule has 2 aromatic carbocycles. The van der Waals surface area contributed by atoms with Crippen molar-refractivity contribution in [2.75, 3.05) is 34.5 Å². The molecule has 1 heterocycles. The number of aryl methyl sites for hydroxylation is 1. The van der Waals surface area contributed by atoms with Gasteiger partial charge in [-0.25, -0.2) is 0 Å². The number of hydrogen-bond acceptors (Lipinski definition) is 6. The molecule has 0 unspecified atom stereocenters. The smallest absolute Gasteiger partial charge is 0.295 e. The third-order valence-electron chi connectivity index (χ3n) is 5.34. The zero-order valence-corrected chi connectivity index (χ0v) is 18.2. The van der Waals surface area contributed by atoms with Crippen LogP contribution in [0.25, 0.3) is 5.76 Å². The van der Waals surface area contributed by atoms with E-state index in [1.807, 2.05) is 19.1 Å². The summed E-state index contributed by atoms with van der Waals surface area (Å²) in [5.74, 6) is -0.564. The molecule has 1 atom stereocenters. The maximum absolute atomic E-state index is 13.0. The first-order valence-corrected chi connectivity index (χ1v) is 9.99. The van der Waals surface area contributed by atoms with E-state index < -0.39 is 17.7 Å². The van der Waals surface area contributed by atoms with Crippen molar-refractivity contribution in [1.82, 2.24) is 4.90 Å². The Morgan fingerprint density at radius 2 is 1.68 bits per heavy atom. The van der Waals surface area contributed by atoms with Gasteiger partial charge in [-0.2, -0.15) is 0 Å². The third-order valence-corrected chi connectivity index (χ3v) is 5.34. The Kier molecular flexibility index (Phi) is 6.97. The second-order valence-electron chi connectivity index (χ2n) is 7.32. The second-order valence-corrected chi connectivity index (χ2v) is 7.32. The number of aliphatic hydroxyl groups is 1. The number of likely N-dealkylation sites (tertiary alicyclic amines) is 1. The van der Waals surface area contributed by atoms with Crippen LogP contribution in [0.5, 0.6) is 11.5 Å². The molecule has 0 spiro atoms. The van der Waals surface area contributed by atoms with E-state index >= 15 is 0 Å². The number of Topliss-reactive ketones (excluding diaryl/α,β-unsaturated/α-hetero) is 1. The molecule has 7 nitrogen and oxygen atoms in total. The van der Waals surface area contributed by atoms with Crippen molar-refractivity contribution >= 4 is 17.4 Å². The van der Waals surface area contributed by atoms with Crippen LogP contribution in [0.3, 0.4) is 0 Å². The Morgan fingerprint density at radius 3 is 2.29 bits per heavy atom. The van der Waals surface area contributed by atoms with Gasteiger partial charge in [-0.1, -0.05) is 35.9 Å². The highest BCUT2D eigenvalue weighted by molar-refractivity contribution is 6.46. The summed E-state index contributed by atoms with van der Waals surface area (Å²) in [6.45, 7) is 2.68. The van der Waals surface area contributed by atoms with Crippen molar-refractivity contribution in [2.24, 2.45) is 0 Å². The van der Waals surface area contributed by atoms with Crippen LogP contribution in [0.4, 0.5) is 0 Å². The molecule has 3 rings (SSSR count). The van der Waals surface area contributed by atoms with E-state index in [1.54, 1.807) is 37.4 Å². The van der Waals surface area contributed by atoms with Gasteiger partial charge >= 0.3 is 0 Å². The van der Waals surface area contributed by atoms with Gasteiger partial charge in [-0.3, -0.25) is 9.59 Å². The SMILES string of the molecule is COCCCN1C(=O)C(=O)/C(=C(/O)c2ccc(C)cc2)[C@@H]1c1ccc(OC)c(OC)c1. The van der Waals surface area contributed by atoms with Crippen LogP contribution in [-0.2, 0) is 14.3 Å². The van der Waals surface area contributed by atoms with Crippen LogP contribution >= 0.6 is 0 Å². The van der Waals surface area contributed by atoms with E-state index in [9.17, 15) is 14.7 Å². The number of aliphatic hydroxyl groups excluding tert-OH is 1. The average molecular weight is 425 g/mol. The fourth-order valence-electron chi connectivity index (χ4n) is 3.73. The number of rotatable bonds is 8. The number of carbonyl (C=O) groups is 2. The lowest BCUT2D eigenvalue weighted by atomic mass is 9.94. The molecule has 1 aliphatic rings. The van der Waals surface area contributed by atoms with E-state index in [1.165, 1.54) is 19.1 Å². The zero-order valence-electron chi connectivity index (χ0n) is 18.2. The molecule has 1 saturated heterocycles. The van der Waals surface area contributed by atoms with Gasteiger partial charge in [0.25, 0.3) is 11.7 Å². The number of ketones is 1. The van der Waals surface area contributed by atoms with Crippen molar-refractivity contribution in [3.8, 4) is 11.5 Å². The maximum Gasteiger partial charge on any atom is 0.295 e. The predicted octanol–water partition coefficient (Wildman–Crippen LogP) is 3.47. The van der Waals surface area contributed by atoms with Gasteiger partial charge < -0.3 is 24.2 Å². The van der Waals surface area contributed by atoms with E-state index in [0.717, 1.165) is 5.56 Å². The lowest BCUT2D eigenvalue weighted by Crippen LogP contribution is -2.31. The number of hydrogen-bond donors (Lipinski definition) is 1. The molecule has 0 bridgehead atoms. The Labute approximate surface area is 181 Å². The predicted molar refractivity (Wildman–Crippen MR) is 116 cm³/mol. The maximum atomic E-state index is 13.0. The molecule has 164 valence electrons. The first kappa shape index (κ1) is 22.4. The topological polar surface area (TPSA) is 85.3 Å². The summed E-state index contributed by atoms with van der Waals surface area (Å²) < 4.78 is 15.8. The largest absolute Gasteiger partial charge is 0.507 e. The zero-order chi connectivity index (χ0) is 22.5. The molecular formula is C24H27NO6. The molecule has 31 heavy (non-hydrogen) atoms. The van der Waals surface area contributed by atoms with Crippen molar-refractivity contribution in [1.29, 1.82) is 0 Å². The van der Waals surface area contributed by atoms with Crippen LogP contribution in [0.2, 0.25) is 0 Å². The van der Waals surface area contributed by atoms with Gasteiger partial charge in [-0.15, -0.1) is 0 Å². The number of benzene rings is 2. The Hall–Kier alpha value is -3.32. The minimum absolute atomic E-state index is 0.0542. The van der Waals surface area contributed by atoms with E-state index in [0.29, 0.717) is 42.2 Å². The van der Waals surface area contributed by atoms with Crippen molar-refractivity contribution in [2.45, 2.75) is 19.4 Å². The van der Waals surface area contributed by atoms with E-state index in [-0.39, 0.29) is 11.3 Å². The highest BCUT2D eigenvalue weighted by Crippen LogP contribution is 2.42. The molecule has 0 radical (unpaired) electrons. The van der Waals surface area contributed by atoms with Crippen LogP contribution in [0.1, 0.15) is 29.2 Å². The van der Waals surface area contributed by atoms with Crippen LogP contribution in [0.15, 0.2) is 48.0 Å². The molecule has 7 heteroatoms. The fourth-order valence-corrected chi connectivity index (χ4v) is 3.73. The van der Waals surface area contributed by atoms with Crippen LogP contribution in [-0.4, -0.2) is 56.2 Å². The molecule has 1 N–H and O–H groups in total. The van der Waals surface area contributed by atoms with Gasteiger partial charge in [0.1, 0.15) is 5.76 Å². The monoisotopic (exact) mass is 425 g/mol. The summed E-state index contributed by atoms with van der Waals surface area (Å²) in [4.78, 5) is 27.4.